The van der Waals surface area contributed by atoms with Gasteiger partial charge in [-0.05, 0) is 37.1 Å². The average Bonchev–Trinajstić information content (AvgIpc) is 3.09. The molecule has 3 rings (SSSR count). The van der Waals surface area contributed by atoms with Gasteiger partial charge in [0.15, 0.2) is 0 Å². The first kappa shape index (κ1) is 15.6. The molecule has 0 unspecified atom stereocenters. The van der Waals surface area contributed by atoms with Crippen LogP contribution in [0, 0.1) is 0 Å². The predicted molar refractivity (Wildman–Crippen MR) is 86.4 cm³/mol. The van der Waals surface area contributed by atoms with Gasteiger partial charge in [-0.2, -0.15) is 0 Å². The zero-order chi connectivity index (χ0) is 16.1. The van der Waals surface area contributed by atoms with Gasteiger partial charge in [-0.25, -0.2) is 9.78 Å². The van der Waals surface area contributed by atoms with Crippen molar-refractivity contribution in [1.82, 2.24) is 10.3 Å². The van der Waals surface area contributed by atoms with Crippen molar-refractivity contribution in [3.63, 3.8) is 0 Å². The van der Waals surface area contributed by atoms with Crippen molar-refractivity contribution in [3.8, 4) is 0 Å². The molecular weight excluding hydrogens is 294 g/mol. The number of methoxy groups -OCH3 is 1. The maximum absolute atomic E-state index is 11.4. The van der Waals surface area contributed by atoms with Crippen molar-refractivity contribution < 1.29 is 13.9 Å². The molecule has 1 aliphatic rings. The first-order valence-corrected chi connectivity index (χ1v) is 7.82. The second kappa shape index (κ2) is 7.28. The van der Waals surface area contributed by atoms with E-state index in [0.717, 1.165) is 37.5 Å². The molecule has 1 aliphatic heterocycles. The van der Waals surface area contributed by atoms with Crippen LogP contribution in [0.4, 0.5) is 5.82 Å². The fourth-order valence-corrected chi connectivity index (χ4v) is 2.78. The van der Waals surface area contributed by atoms with E-state index >= 15 is 0 Å². The number of furan rings is 1. The second-order valence-electron chi connectivity index (χ2n) is 5.59. The SMILES string of the molecule is COC(=O)c1ccc(CNC2CCN(c3ccccn3)CC2)o1. The minimum atomic E-state index is -0.445. The third-order valence-electron chi connectivity index (χ3n) is 4.08. The largest absolute Gasteiger partial charge is 0.463 e. The van der Waals surface area contributed by atoms with Crippen molar-refractivity contribution in [2.75, 3.05) is 25.1 Å². The molecule has 1 saturated heterocycles. The number of rotatable bonds is 5. The van der Waals surface area contributed by atoms with Gasteiger partial charge in [-0.1, -0.05) is 6.07 Å². The summed E-state index contributed by atoms with van der Waals surface area (Å²) in [6, 6.07) is 9.90. The number of ether oxygens (including phenoxy) is 1. The van der Waals surface area contributed by atoms with Crippen molar-refractivity contribution in [2.24, 2.45) is 0 Å². The van der Waals surface area contributed by atoms with Crippen LogP contribution in [0.3, 0.4) is 0 Å². The van der Waals surface area contributed by atoms with E-state index in [9.17, 15) is 4.79 Å². The fraction of sp³-hybridized carbons (Fsp3) is 0.412. The van der Waals surface area contributed by atoms with Crippen LogP contribution in [-0.4, -0.2) is 37.2 Å². The highest BCUT2D eigenvalue weighted by Crippen LogP contribution is 2.18. The summed E-state index contributed by atoms with van der Waals surface area (Å²) < 4.78 is 10.1. The number of nitrogens with zero attached hydrogens (tertiary/aromatic N) is 2. The van der Waals surface area contributed by atoms with Crippen molar-refractivity contribution in [2.45, 2.75) is 25.4 Å². The van der Waals surface area contributed by atoms with Crippen LogP contribution in [0.2, 0.25) is 0 Å². The lowest BCUT2D eigenvalue weighted by Gasteiger charge is -2.33. The molecule has 23 heavy (non-hydrogen) atoms. The molecule has 6 heteroatoms. The summed E-state index contributed by atoms with van der Waals surface area (Å²) in [6.45, 7) is 2.59. The predicted octanol–water partition coefficient (Wildman–Crippen LogP) is 2.22. The van der Waals surface area contributed by atoms with Gasteiger partial charge < -0.3 is 19.4 Å². The normalized spacial score (nSPS) is 15.6. The van der Waals surface area contributed by atoms with E-state index < -0.39 is 5.97 Å². The number of carbonyl (C=O) groups excluding carboxylic acids is 1. The number of esters is 1. The maximum Gasteiger partial charge on any atom is 0.373 e. The molecule has 0 bridgehead atoms. The van der Waals surface area contributed by atoms with Gasteiger partial charge in [0, 0.05) is 25.3 Å². The molecule has 6 nitrogen and oxygen atoms in total. The standard InChI is InChI=1S/C17H21N3O3/c1-22-17(21)15-6-5-14(23-15)12-19-13-7-10-20(11-8-13)16-4-2-3-9-18-16/h2-6,9,13,19H,7-8,10-12H2,1H3. The number of anilines is 1. The first-order valence-electron chi connectivity index (χ1n) is 7.82. The smallest absolute Gasteiger partial charge is 0.373 e. The highest BCUT2D eigenvalue weighted by Gasteiger charge is 2.20. The second-order valence-corrected chi connectivity index (χ2v) is 5.59. The summed E-state index contributed by atoms with van der Waals surface area (Å²) in [7, 11) is 1.35. The lowest BCUT2D eigenvalue weighted by molar-refractivity contribution is 0.0562. The van der Waals surface area contributed by atoms with Crippen LogP contribution in [0.1, 0.15) is 29.2 Å². The van der Waals surface area contributed by atoms with Gasteiger partial charge in [0.05, 0.1) is 13.7 Å². The van der Waals surface area contributed by atoms with Crippen LogP contribution in [-0.2, 0) is 11.3 Å². The zero-order valence-corrected chi connectivity index (χ0v) is 13.2. The van der Waals surface area contributed by atoms with Gasteiger partial charge in [0.1, 0.15) is 11.6 Å². The van der Waals surface area contributed by atoms with E-state index in [4.69, 9.17) is 4.42 Å². The Morgan fingerprint density at radius 1 is 1.35 bits per heavy atom. The molecule has 3 heterocycles. The lowest BCUT2D eigenvalue weighted by atomic mass is 10.0. The molecule has 0 spiro atoms. The highest BCUT2D eigenvalue weighted by atomic mass is 16.5. The van der Waals surface area contributed by atoms with Crippen molar-refractivity contribution in [3.05, 3.63) is 48.0 Å². The third-order valence-corrected chi connectivity index (χ3v) is 4.08. The molecule has 2 aromatic rings. The van der Waals surface area contributed by atoms with Crippen LogP contribution in [0.5, 0.6) is 0 Å². The molecule has 122 valence electrons. The van der Waals surface area contributed by atoms with E-state index in [2.05, 4.69) is 19.9 Å². The van der Waals surface area contributed by atoms with Crippen LogP contribution < -0.4 is 10.2 Å². The molecule has 0 amide bonds. The summed E-state index contributed by atoms with van der Waals surface area (Å²) in [6.07, 6.45) is 3.94. The molecule has 2 aromatic heterocycles. The molecule has 0 aromatic carbocycles. The van der Waals surface area contributed by atoms with Gasteiger partial charge >= 0.3 is 5.97 Å². The number of piperidine rings is 1. The number of hydrogen-bond donors (Lipinski definition) is 1. The number of pyridine rings is 1. The monoisotopic (exact) mass is 315 g/mol. The number of hydrogen-bond acceptors (Lipinski definition) is 6. The van der Waals surface area contributed by atoms with Crippen LogP contribution in [0.15, 0.2) is 40.9 Å². The van der Waals surface area contributed by atoms with Crippen LogP contribution in [0.25, 0.3) is 0 Å². The Balaban J connectivity index is 1.46. The first-order chi connectivity index (χ1) is 11.3. The average molecular weight is 315 g/mol. The number of nitrogens with one attached hydrogen (secondary N) is 1. The van der Waals surface area contributed by atoms with Gasteiger partial charge in [-0.15, -0.1) is 0 Å². The highest BCUT2D eigenvalue weighted by molar-refractivity contribution is 5.86. The summed E-state index contributed by atoms with van der Waals surface area (Å²) in [5.74, 6) is 1.59. The molecule has 0 aliphatic carbocycles. The Morgan fingerprint density at radius 3 is 2.87 bits per heavy atom. The number of carbonyl (C=O) groups is 1. The van der Waals surface area contributed by atoms with E-state index in [1.807, 2.05) is 30.5 Å². The van der Waals surface area contributed by atoms with E-state index in [0.29, 0.717) is 12.6 Å². The fourth-order valence-electron chi connectivity index (χ4n) is 2.78. The summed E-state index contributed by atoms with van der Waals surface area (Å²) in [5, 5.41) is 3.49. The minimum Gasteiger partial charge on any atom is -0.463 e. The summed E-state index contributed by atoms with van der Waals surface area (Å²) in [5.41, 5.74) is 0. The minimum absolute atomic E-state index is 0.245. The summed E-state index contributed by atoms with van der Waals surface area (Å²) >= 11 is 0. The molecule has 0 radical (unpaired) electrons. The lowest BCUT2D eigenvalue weighted by Crippen LogP contribution is -2.42. The van der Waals surface area contributed by atoms with Crippen molar-refractivity contribution in [1.29, 1.82) is 0 Å². The molecule has 0 saturated carbocycles. The molecule has 1 N–H and O–H groups in total. The zero-order valence-electron chi connectivity index (χ0n) is 13.2. The molecule has 1 fully saturated rings. The quantitative estimate of drug-likeness (QED) is 0.853. The Hall–Kier alpha value is -2.34. The topological polar surface area (TPSA) is 67.6 Å². The Kier molecular flexibility index (Phi) is 4.92. The van der Waals surface area contributed by atoms with Gasteiger partial charge in [0.25, 0.3) is 0 Å². The summed E-state index contributed by atoms with van der Waals surface area (Å²) in [4.78, 5) is 18.1. The van der Waals surface area contributed by atoms with Gasteiger partial charge in [0.2, 0.25) is 5.76 Å². The van der Waals surface area contributed by atoms with Crippen LogP contribution >= 0.6 is 0 Å². The Bertz CT molecular complexity index is 634. The molecule has 0 atom stereocenters. The Labute approximate surface area is 135 Å². The van der Waals surface area contributed by atoms with Gasteiger partial charge in [-0.3, -0.25) is 0 Å². The van der Waals surface area contributed by atoms with E-state index in [1.165, 1.54) is 7.11 Å². The van der Waals surface area contributed by atoms with Crippen molar-refractivity contribution >= 4 is 11.8 Å². The third kappa shape index (κ3) is 3.90. The molecular formula is C17H21N3O3. The maximum atomic E-state index is 11.4. The van der Waals surface area contributed by atoms with E-state index in [1.54, 1.807) is 6.07 Å². The Morgan fingerprint density at radius 2 is 2.17 bits per heavy atom. The van der Waals surface area contributed by atoms with E-state index in [-0.39, 0.29) is 5.76 Å². The number of aromatic nitrogens is 1.